The number of nitrogens with zero attached hydrogens (tertiary/aromatic N) is 3. The highest BCUT2D eigenvalue weighted by molar-refractivity contribution is 7.09. The Hall–Kier alpha value is -3.39. The van der Waals surface area contributed by atoms with E-state index in [1.54, 1.807) is 40.5 Å². The van der Waals surface area contributed by atoms with E-state index in [2.05, 4.69) is 21.1 Å². The molecule has 4 aromatic heterocycles. The number of Topliss-reactive ketones (excluding diaryl/α,β-unsaturated/α-hetero) is 1. The van der Waals surface area contributed by atoms with E-state index in [1.165, 1.54) is 4.88 Å². The van der Waals surface area contributed by atoms with Gasteiger partial charge in [-0.15, -0.1) is 11.3 Å². The van der Waals surface area contributed by atoms with Crippen molar-refractivity contribution >= 4 is 23.1 Å². The van der Waals surface area contributed by atoms with Gasteiger partial charge in [0.25, 0.3) is 0 Å². The second-order valence-corrected chi connectivity index (χ2v) is 8.27. The highest BCUT2D eigenvalue weighted by Crippen LogP contribution is 2.19. The summed E-state index contributed by atoms with van der Waals surface area (Å²) in [5.41, 5.74) is 2.47. The zero-order valence-corrected chi connectivity index (χ0v) is 18.2. The molecule has 0 fully saturated rings. The molecule has 160 valence electrons. The Kier molecular flexibility index (Phi) is 6.18. The number of hydrogen-bond acceptors (Lipinski definition) is 6. The van der Waals surface area contributed by atoms with Gasteiger partial charge in [0.2, 0.25) is 11.5 Å². The second kappa shape index (κ2) is 9.18. The van der Waals surface area contributed by atoms with Crippen molar-refractivity contribution < 1.29 is 18.7 Å². The van der Waals surface area contributed by atoms with Crippen LogP contribution in [0.1, 0.15) is 42.9 Å². The molecule has 0 aromatic carbocycles. The molecule has 0 aliphatic rings. The first-order valence-corrected chi connectivity index (χ1v) is 10.8. The fourth-order valence-corrected chi connectivity index (χ4v) is 4.21. The first kappa shape index (κ1) is 20.9. The van der Waals surface area contributed by atoms with Gasteiger partial charge in [-0.25, -0.2) is 4.79 Å². The van der Waals surface area contributed by atoms with Crippen molar-refractivity contribution in [3.63, 3.8) is 0 Å². The summed E-state index contributed by atoms with van der Waals surface area (Å²) >= 11 is 1.73. The van der Waals surface area contributed by atoms with Crippen LogP contribution in [-0.2, 0) is 24.2 Å². The molecule has 0 amide bonds. The second-order valence-electron chi connectivity index (χ2n) is 7.23. The number of ether oxygens (including phenoxy) is 1. The maximum Gasteiger partial charge on any atom is 0.374 e. The summed E-state index contributed by atoms with van der Waals surface area (Å²) in [7, 11) is 0. The standard InChI is InChI=1S/C23H23N3O4S/c1-16-13-20(17(2)26(16)11-8-19-5-3-12-31-19)21(27)15-29-23(28)22-7-6-18(30-22)14-25-10-4-9-24-25/h3-7,9-10,12-13H,8,11,14-15H2,1-2H3. The Bertz CT molecular complexity index is 1170. The fourth-order valence-electron chi connectivity index (χ4n) is 3.51. The van der Waals surface area contributed by atoms with E-state index in [4.69, 9.17) is 9.15 Å². The molecule has 0 atom stereocenters. The number of thiophene rings is 1. The summed E-state index contributed by atoms with van der Waals surface area (Å²) in [6, 6.07) is 11.1. The predicted octanol–water partition coefficient (Wildman–Crippen LogP) is 4.29. The molecule has 0 spiro atoms. The third kappa shape index (κ3) is 4.86. The molecule has 0 unspecified atom stereocenters. The summed E-state index contributed by atoms with van der Waals surface area (Å²) in [5.74, 6) is -0.244. The smallest absolute Gasteiger partial charge is 0.374 e. The zero-order valence-electron chi connectivity index (χ0n) is 17.4. The molecule has 4 rings (SSSR count). The van der Waals surface area contributed by atoms with Gasteiger partial charge in [-0.3, -0.25) is 9.48 Å². The van der Waals surface area contributed by atoms with Gasteiger partial charge in [0.05, 0.1) is 6.54 Å². The van der Waals surface area contributed by atoms with Gasteiger partial charge in [-0.05, 0) is 56.0 Å². The van der Waals surface area contributed by atoms with Crippen molar-refractivity contribution in [2.24, 2.45) is 0 Å². The minimum absolute atomic E-state index is 0.0661. The number of esters is 1. The van der Waals surface area contributed by atoms with Gasteiger partial charge in [0.15, 0.2) is 6.61 Å². The first-order valence-electron chi connectivity index (χ1n) is 9.97. The van der Waals surface area contributed by atoms with Crippen LogP contribution in [0.3, 0.4) is 0 Å². The van der Waals surface area contributed by atoms with Crippen LogP contribution in [0.4, 0.5) is 0 Å². The molecule has 0 saturated heterocycles. The number of hydrogen-bond donors (Lipinski definition) is 0. The Morgan fingerprint density at radius 1 is 1.19 bits per heavy atom. The molecule has 7 nitrogen and oxygen atoms in total. The summed E-state index contributed by atoms with van der Waals surface area (Å²) in [6.07, 6.45) is 4.38. The Balaban J connectivity index is 1.34. The average molecular weight is 438 g/mol. The summed E-state index contributed by atoms with van der Waals surface area (Å²) in [5, 5.41) is 6.16. The molecule has 0 aliphatic heterocycles. The lowest BCUT2D eigenvalue weighted by Gasteiger charge is -2.09. The summed E-state index contributed by atoms with van der Waals surface area (Å²) in [4.78, 5) is 26.3. The highest BCUT2D eigenvalue weighted by atomic mass is 32.1. The fraction of sp³-hybridized carbons (Fsp3) is 0.261. The normalized spacial score (nSPS) is 11.0. The van der Waals surface area contributed by atoms with Crippen LogP contribution in [0, 0.1) is 13.8 Å². The van der Waals surface area contributed by atoms with Crippen LogP contribution in [0.2, 0.25) is 0 Å². The number of aromatic nitrogens is 3. The lowest BCUT2D eigenvalue weighted by molar-refractivity contribution is 0.0442. The molecule has 4 heterocycles. The molecular formula is C23H23N3O4S. The molecule has 31 heavy (non-hydrogen) atoms. The van der Waals surface area contributed by atoms with Gasteiger partial charge in [0, 0.05) is 40.8 Å². The van der Waals surface area contributed by atoms with Crippen molar-refractivity contribution in [3.8, 4) is 0 Å². The monoisotopic (exact) mass is 437 g/mol. The third-order valence-electron chi connectivity index (χ3n) is 5.11. The lowest BCUT2D eigenvalue weighted by Crippen LogP contribution is -2.15. The predicted molar refractivity (Wildman–Crippen MR) is 117 cm³/mol. The van der Waals surface area contributed by atoms with Gasteiger partial charge >= 0.3 is 5.97 Å². The molecule has 4 aromatic rings. The topological polar surface area (TPSA) is 79.3 Å². The van der Waals surface area contributed by atoms with Gasteiger partial charge < -0.3 is 13.7 Å². The largest absolute Gasteiger partial charge is 0.452 e. The van der Waals surface area contributed by atoms with Gasteiger partial charge in [-0.2, -0.15) is 5.10 Å². The van der Waals surface area contributed by atoms with Crippen molar-refractivity contribution in [2.45, 2.75) is 33.4 Å². The summed E-state index contributed by atoms with van der Waals surface area (Å²) < 4.78 is 14.5. The average Bonchev–Trinajstić information content (AvgIpc) is 3.55. The quantitative estimate of drug-likeness (QED) is 0.288. The minimum Gasteiger partial charge on any atom is -0.452 e. The number of carbonyl (C=O) groups is 2. The van der Waals surface area contributed by atoms with Gasteiger partial charge in [0.1, 0.15) is 5.76 Å². The molecule has 0 aliphatic carbocycles. The maximum atomic E-state index is 12.7. The lowest BCUT2D eigenvalue weighted by atomic mass is 10.1. The molecule has 8 heteroatoms. The Morgan fingerprint density at radius 3 is 2.81 bits per heavy atom. The van der Waals surface area contributed by atoms with E-state index in [9.17, 15) is 9.59 Å². The molecule has 0 radical (unpaired) electrons. The van der Waals surface area contributed by atoms with E-state index < -0.39 is 5.97 Å². The minimum atomic E-state index is -0.661. The Morgan fingerprint density at radius 2 is 2.06 bits per heavy atom. The summed E-state index contributed by atoms with van der Waals surface area (Å²) in [6.45, 7) is 4.79. The van der Waals surface area contributed by atoms with E-state index in [1.807, 2.05) is 32.0 Å². The van der Waals surface area contributed by atoms with E-state index >= 15 is 0 Å². The number of ketones is 1. The molecular weight excluding hydrogens is 414 g/mol. The van der Waals surface area contributed by atoms with Crippen LogP contribution >= 0.6 is 11.3 Å². The highest BCUT2D eigenvalue weighted by Gasteiger charge is 2.19. The number of carbonyl (C=O) groups excluding carboxylic acids is 2. The SMILES string of the molecule is Cc1cc(C(=O)COC(=O)c2ccc(Cn3cccn3)o2)c(C)n1CCc1cccs1. The number of furan rings is 1. The number of aryl methyl sites for hydroxylation is 2. The third-order valence-corrected chi connectivity index (χ3v) is 6.05. The van der Waals surface area contributed by atoms with Crippen molar-refractivity contribution in [2.75, 3.05) is 6.61 Å². The van der Waals surface area contributed by atoms with Crippen LogP contribution in [0.5, 0.6) is 0 Å². The number of rotatable bonds is 9. The molecule has 0 saturated carbocycles. The molecule has 0 N–H and O–H groups in total. The van der Waals surface area contributed by atoms with Crippen molar-refractivity contribution in [1.29, 1.82) is 0 Å². The zero-order chi connectivity index (χ0) is 21.8. The Labute approximate surface area is 183 Å². The van der Waals surface area contributed by atoms with Crippen LogP contribution in [-0.4, -0.2) is 32.7 Å². The van der Waals surface area contributed by atoms with Crippen LogP contribution in [0.15, 0.2) is 58.6 Å². The van der Waals surface area contributed by atoms with Crippen molar-refractivity contribution in [3.05, 3.63) is 87.5 Å². The molecule has 0 bridgehead atoms. The maximum absolute atomic E-state index is 12.7. The van der Waals surface area contributed by atoms with Gasteiger partial charge in [-0.1, -0.05) is 6.07 Å². The van der Waals surface area contributed by atoms with E-state index in [0.717, 1.165) is 24.4 Å². The van der Waals surface area contributed by atoms with E-state index in [-0.39, 0.29) is 18.2 Å². The van der Waals surface area contributed by atoms with Crippen LogP contribution in [0.25, 0.3) is 0 Å². The van der Waals surface area contributed by atoms with E-state index in [0.29, 0.717) is 17.9 Å². The first-order chi connectivity index (χ1) is 15.0. The van der Waals surface area contributed by atoms with Crippen molar-refractivity contribution in [1.82, 2.24) is 14.3 Å². The van der Waals surface area contributed by atoms with Crippen LogP contribution < -0.4 is 0 Å².